The molecule has 7 heteroatoms. The number of anilines is 2. The number of aryl methyl sites for hydroxylation is 2. The maximum Gasteiger partial charge on any atom is 0.225 e. The number of nitrogens with zero attached hydrogens (tertiary/aromatic N) is 3. The highest BCUT2D eigenvalue weighted by Crippen LogP contribution is 2.24. The SMILES string of the molecule is CCN(c1cc(C)nc(NCc2ccc(C)cc2)n1)C1CCS(=O)(=O)C1. The van der Waals surface area contributed by atoms with Gasteiger partial charge in [-0.05, 0) is 32.8 Å². The Labute approximate surface area is 155 Å². The van der Waals surface area contributed by atoms with Crippen LogP contribution in [0.5, 0.6) is 0 Å². The van der Waals surface area contributed by atoms with E-state index >= 15 is 0 Å². The van der Waals surface area contributed by atoms with Gasteiger partial charge >= 0.3 is 0 Å². The van der Waals surface area contributed by atoms with Gasteiger partial charge in [-0.3, -0.25) is 0 Å². The van der Waals surface area contributed by atoms with Gasteiger partial charge in [0.05, 0.1) is 11.5 Å². The van der Waals surface area contributed by atoms with Crippen LogP contribution in [0.4, 0.5) is 11.8 Å². The topological polar surface area (TPSA) is 75.2 Å². The van der Waals surface area contributed by atoms with Crippen LogP contribution >= 0.6 is 0 Å². The Morgan fingerprint density at radius 1 is 1.19 bits per heavy atom. The maximum atomic E-state index is 11.8. The van der Waals surface area contributed by atoms with E-state index in [1.165, 1.54) is 5.56 Å². The summed E-state index contributed by atoms with van der Waals surface area (Å²) in [4.78, 5) is 11.2. The van der Waals surface area contributed by atoms with E-state index in [1.54, 1.807) is 0 Å². The van der Waals surface area contributed by atoms with Gasteiger partial charge in [0.25, 0.3) is 0 Å². The second-order valence-corrected chi connectivity index (χ2v) is 9.10. The van der Waals surface area contributed by atoms with E-state index < -0.39 is 9.84 Å². The van der Waals surface area contributed by atoms with Crippen LogP contribution in [0.2, 0.25) is 0 Å². The molecule has 1 atom stereocenters. The van der Waals surface area contributed by atoms with Gasteiger partial charge in [-0.25, -0.2) is 13.4 Å². The minimum absolute atomic E-state index is 0.00996. The summed E-state index contributed by atoms with van der Waals surface area (Å²) in [6.45, 7) is 7.39. The predicted octanol–water partition coefficient (Wildman–Crippen LogP) is 2.72. The molecule has 1 fully saturated rings. The van der Waals surface area contributed by atoms with Crippen LogP contribution in [0, 0.1) is 13.8 Å². The molecule has 26 heavy (non-hydrogen) atoms. The molecule has 1 unspecified atom stereocenters. The molecule has 140 valence electrons. The van der Waals surface area contributed by atoms with E-state index in [1.807, 2.05) is 19.9 Å². The van der Waals surface area contributed by atoms with Crippen molar-refractivity contribution in [3.63, 3.8) is 0 Å². The van der Waals surface area contributed by atoms with Crippen LogP contribution in [0.3, 0.4) is 0 Å². The lowest BCUT2D eigenvalue weighted by Gasteiger charge is -2.28. The van der Waals surface area contributed by atoms with Gasteiger partial charge in [0.1, 0.15) is 5.82 Å². The fourth-order valence-corrected chi connectivity index (χ4v) is 5.02. The first-order valence-corrected chi connectivity index (χ1v) is 10.8. The molecule has 1 saturated heterocycles. The Morgan fingerprint density at radius 3 is 2.54 bits per heavy atom. The molecule has 0 radical (unpaired) electrons. The Kier molecular flexibility index (Phi) is 5.46. The lowest BCUT2D eigenvalue weighted by atomic mass is 10.1. The van der Waals surface area contributed by atoms with Crippen molar-refractivity contribution >= 4 is 21.6 Å². The summed E-state index contributed by atoms with van der Waals surface area (Å²) in [6.07, 6.45) is 0.658. The number of hydrogen-bond acceptors (Lipinski definition) is 6. The van der Waals surface area contributed by atoms with Crippen molar-refractivity contribution in [3.05, 3.63) is 47.2 Å². The fraction of sp³-hybridized carbons (Fsp3) is 0.474. The molecule has 1 aliphatic rings. The molecule has 1 N–H and O–H groups in total. The van der Waals surface area contributed by atoms with E-state index in [0.717, 1.165) is 17.1 Å². The highest BCUT2D eigenvalue weighted by molar-refractivity contribution is 7.91. The minimum Gasteiger partial charge on any atom is -0.353 e. The van der Waals surface area contributed by atoms with Crippen molar-refractivity contribution in [2.24, 2.45) is 0 Å². The quantitative estimate of drug-likeness (QED) is 0.838. The number of sulfone groups is 1. The molecule has 0 spiro atoms. The van der Waals surface area contributed by atoms with E-state index in [-0.39, 0.29) is 17.5 Å². The zero-order valence-electron chi connectivity index (χ0n) is 15.6. The van der Waals surface area contributed by atoms with Gasteiger partial charge < -0.3 is 10.2 Å². The first kappa shape index (κ1) is 18.6. The molecule has 2 aromatic rings. The van der Waals surface area contributed by atoms with Gasteiger partial charge in [0, 0.05) is 30.9 Å². The fourth-order valence-electron chi connectivity index (χ4n) is 3.29. The van der Waals surface area contributed by atoms with Crippen LogP contribution in [-0.4, -0.2) is 42.5 Å². The van der Waals surface area contributed by atoms with Gasteiger partial charge in [0.15, 0.2) is 9.84 Å². The van der Waals surface area contributed by atoms with E-state index in [4.69, 9.17) is 0 Å². The molecular formula is C19H26N4O2S. The Hall–Kier alpha value is -2.15. The van der Waals surface area contributed by atoms with Gasteiger partial charge in [0.2, 0.25) is 5.95 Å². The molecule has 1 aromatic carbocycles. The largest absolute Gasteiger partial charge is 0.353 e. The van der Waals surface area contributed by atoms with Crippen LogP contribution in [0.25, 0.3) is 0 Å². The molecule has 0 saturated carbocycles. The zero-order chi connectivity index (χ0) is 18.7. The van der Waals surface area contributed by atoms with Crippen molar-refractivity contribution in [1.29, 1.82) is 0 Å². The summed E-state index contributed by atoms with van der Waals surface area (Å²) < 4.78 is 23.7. The molecule has 0 aliphatic carbocycles. The smallest absolute Gasteiger partial charge is 0.225 e. The standard InChI is InChI=1S/C19H26N4O2S/c1-4-23(17-9-10-26(24,25)13-17)18-11-15(3)21-19(22-18)20-12-16-7-5-14(2)6-8-16/h5-8,11,17H,4,9-10,12-13H2,1-3H3,(H,20,21,22). The van der Waals surface area contributed by atoms with Crippen molar-refractivity contribution in [2.75, 3.05) is 28.3 Å². The third-order valence-electron chi connectivity index (χ3n) is 4.70. The summed E-state index contributed by atoms with van der Waals surface area (Å²) in [5.74, 6) is 1.82. The monoisotopic (exact) mass is 374 g/mol. The summed E-state index contributed by atoms with van der Waals surface area (Å²) in [5, 5.41) is 3.28. The number of rotatable bonds is 6. The molecule has 1 aliphatic heterocycles. The molecule has 0 bridgehead atoms. The highest BCUT2D eigenvalue weighted by atomic mass is 32.2. The Balaban J connectivity index is 1.76. The summed E-state index contributed by atoms with van der Waals surface area (Å²) in [7, 11) is -2.93. The van der Waals surface area contributed by atoms with Gasteiger partial charge in [-0.2, -0.15) is 4.98 Å². The molecule has 0 amide bonds. The first-order valence-electron chi connectivity index (χ1n) is 8.98. The highest BCUT2D eigenvalue weighted by Gasteiger charge is 2.32. The lowest BCUT2D eigenvalue weighted by Crippen LogP contribution is -2.37. The van der Waals surface area contributed by atoms with Crippen molar-refractivity contribution in [2.45, 2.75) is 39.8 Å². The molecule has 2 heterocycles. The third kappa shape index (κ3) is 4.52. The minimum atomic E-state index is -2.93. The second-order valence-electron chi connectivity index (χ2n) is 6.87. The number of hydrogen-bond donors (Lipinski definition) is 1. The zero-order valence-corrected chi connectivity index (χ0v) is 16.4. The summed E-state index contributed by atoms with van der Waals surface area (Å²) in [6, 6.07) is 10.2. The van der Waals surface area contributed by atoms with Crippen molar-refractivity contribution in [1.82, 2.24) is 9.97 Å². The van der Waals surface area contributed by atoms with Crippen LogP contribution in [0.15, 0.2) is 30.3 Å². The average Bonchev–Trinajstić information content (AvgIpc) is 2.94. The second kappa shape index (κ2) is 7.61. The molecule has 3 rings (SSSR count). The maximum absolute atomic E-state index is 11.8. The Bertz CT molecular complexity index is 866. The number of aromatic nitrogens is 2. The third-order valence-corrected chi connectivity index (χ3v) is 6.45. The lowest BCUT2D eigenvalue weighted by molar-refractivity contribution is 0.599. The van der Waals surface area contributed by atoms with E-state index in [0.29, 0.717) is 25.5 Å². The van der Waals surface area contributed by atoms with Crippen molar-refractivity contribution < 1.29 is 8.42 Å². The molecule has 6 nitrogen and oxygen atoms in total. The van der Waals surface area contributed by atoms with Crippen molar-refractivity contribution in [3.8, 4) is 0 Å². The summed E-state index contributed by atoms with van der Waals surface area (Å²) >= 11 is 0. The number of nitrogens with one attached hydrogen (secondary N) is 1. The molecule has 1 aromatic heterocycles. The number of benzene rings is 1. The van der Waals surface area contributed by atoms with Gasteiger partial charge in [-0.1, -0.05) is 29.8 Å². The van der Waals surface area contributed by atoms with Gasteiger partial charge in [-0.15, -0.1) is 0 Å². The molecular weight excluding hydrogens is 348 g/mol. The van der Waals surface area contributed by atoms with Crippen LogP contribution in [-0.2, 0) is 16.4 Å². The van der Waals surface area contributed by atoms with E-state index in [9.17, 15) is 8.42 Å². The normalized spacial score (nSPS) is 18.7. The first-order chi connectivity index (χ1) is 12.4. The summed E-state index contributed by atoms with van der Waals surface area (Å²) in [5.41, 5.74) is 3.25. The van der Waals surface area contributed by atoms with E-state index in [2.05, 4.69) is 51.4 Å². The van der Waals surface area contributed by atoms with Crippen LogP contribution < -0.4 is 10.2 Å². The average molecular weight is 375 g/mol. The predicted molar refractivity (Wildman–Crippen MR) is 105 cm³/mol. The van der Waals surface area contributed by atoms with Crippen LogP contribution in [0.1, 0.15) is 30.2 Å². The Morgan fingerprint density at radius 2 is 1.92 bits per heavy atom.